The minimum atomic E-state index is 0.184. The Morgan fingerprint density at radius 2 is 1.47 bits per heavy atom. The van der Waals surface area contributed by atoms with E-state index in [9.17, 15) is 10.2 Å². The van der Waals surface area contributed by atoms with E-state index in [2.05, 4.69) is 0 Å². The van der Waals surface area contributed by atoms with Crippen LogP contribution in [0.1, 0.15) is 49.7 Å². The molecule has 2 N–H and O–H groups in total. The van der Waals surface area contributed by atoms with Crippen molar-refractivity contribution in [2.75, 3.05) is 0 Å². The summed E-state index contributed by atoms with van der Waals surface area (Å²) in [5.41, 5.74) is 2.42. The molecule has 0 amide bonds. The van der Waals surface area contributed by atoms with Gasteiger partial charge in [0.1, 0.15) is 11.5 Å². The van der Waals surface area contributed by atoms with Crippen LogP contribution in [0, 0.1) is 24.7 Å². The predicted molar refractivity (Wildman–Crippen MR) is 74.4 cm³/mol. The van der Waals surface area contributed by atoms with Crippen molar-refractivity contribution in [2.24, 2.45) is 17.8 Å². The summed E-state index contributed by atoms with van der Waals surface area (Å²) in [6.07, 6.45) is 7.99. The number of hydrogen-bond acceptors (Lipinski definition) is 2. The molecule has 1 aromatic rings. The van der Waals surface area contributed by atoms with Gasteiger partial charge in [-0.2, -0.15) is 0 Å². The van der Waals surface area contributed by atoms with E-state index in [4.69, 9.17) is 0 Å². The molecule has 5 rings (SSSR count). The van der Waals surface area contributed by atoms with Gasteiger partial charge in [-0.15, -0.1) is 0 Å². The van der Waals surface area contributed by atoms with Crippen LogP contribution >= 0.6 is 0 Å². The highest BCUT2D eigenvalue weighted by Gasteiger charge is 2.52. The lowest BCUT2D eigenvalue weighted by Gasteiger charge is -2.57. The molecule has 0 aliphatic heterocycles. The average Bonchev–Trinajstić information content (AvgIpc) is 2.24. The maximum atomic E-state index is 10.4. The molecule has 0 saturated heterocycles. The molecule has 4 bridgehead atoms. The molecule has 4 saturated carbocycles. The molecule has 4 aliphatic rings. The molecule has 2 heteroatoms. The number of benzene rings is 1. The normalized spacial score (nSPS) is 39.7. The van der Waals surface area contributed by atoms with Crippen LogP contribution < -0.4 is 0 Å². The van der Waals surface area contributed by atoms with E-state index in [1.807, 2.05) is 13.0 Å². The van der Waals surface area contributed by atoms with Gasteiger partial charge < -0.3 is 10.2 Å². The molecular weight excluding hydrogens is 236 g/mol. The zero-order chi connectivity index (χ0) is 13.2. The third-order valence-corrected chi connectivity index (χ3v) is 5.87. The summed E-state index contributed by atoms with van der Waals surface area (Å²) in [6, 6.07) is 3.34. The Labute approximate surface area is 114 Å². The highest BCUT2D eigenvalue weighted by Crippen LogP contribution is 2.62. The van der Waals surface area contributed by atoms with Gasteiger partial charge in [0.15, 0.2) is 0 Å². The lowest BCUT2D eigenvalue weighted by molar-refractivity contribution is -0.00643. The first-order chi connectivity index (χ1) is 9.06. The molecule has 0 spiro atoms. The van der Waals surface area contributed by atoms with Crippen molar-refractivity contribution in [1.29, 1.82) is 0 Å². The van der Waals surface area contributed by atoms with Gasteiger partial charge in [-0.05, 0) is 74.8 Å². The molecule has 0 radical (unpaired) electrons. The molecule has 0 atom stereocenters. The quantitative estimate of drug-likeness (QED) is 0.802. The SMILES string of the molecule is Cc1cc(O)cc(O)c1C12CC3CC(CC(C3)C1)C2. The molecule has 0 unspecified atom stereocenters. The largest absolute Gasteiger partial charge is 0.508 e. The summed E-state index contributed by atoms with van der Waals surface area (Å²) < 4.78 is 0. The third-order valence-electron chi connectivity index (χ3n) is 5.87. The Bertz CT molecular complexity index is 474. The minimum Gasteiger partial charge on any atom is -0.508 e. The molecule has 0 aromatic heterocycles. The lowest BCUT2D eigenvalue weighted by Crippen LogP contribution is -2.48. The van der Waals surface area contributed by atoms with Crippen LogP contribution in [-0.2, 0) is 5.41 Å². The maximum Gasteiger partial charge on any atom is 0.123 e. The van der Waals surface area contributed by atoms with Gasteiger partial charge in [0.05, 0.1) is 0 Å². The summed E-state index contributed by atoms with van der Waals surface area (Å²) >= 11 is 0. The van der Waals surface area contributed by atoms with Crippen molar-refractivity contribution < 1.29 is 10.2 Å². The fourth-order valence-electron chi connectivity index (χ4n) is 5.86. The molecule has 4 aliphatic carbocycles. The maximum absolute atomic E-state index is 10.4. The topological polar surface area (TPSA) is 40.5 Å². The molecule has 19 heavy (non-hydrogen) atoms. The Morgan fingerprint density at radius 1 is 0.947 bits per heavy atom. The molecular formula is C17H22O2. The fraction of sp³-hybridized carbons (Fsp3) is 0.647. The van der Waals surface area contributed by atoms with E-state index in [1.54, 1.807) is 0 Å². The Kier molecular flexibility index (Phi) is 2.25. The van der Waals surface area contributed by atoms with Gasteiger partial charge in [0.25, 0.3) is 0 Å². The van der Waals surface area contributed by atoms with Crippen molar-refractivity contribution in [3.63, 3.8) is 0 Å². The van der Waals surface area contributed by atoms with E-state index in [-0.39, 0.29) is 11.2 Å². The Morgan fingerprint density at radius 3 is 1.95 bits per heavy atom. The second-order valence-electron chi connectivity index (χ2n) is 7.35. The first kappa shape index (κ1) is 11.6. The standard InChI is InChI=1S/C17H22O2/c1-10-2-14(18)6-15(19)16(10)17-7-11-3-12(8-17)5-13(4-11)9-17/h2,6,11-13,18-19H,3-5,7-9H2,1H3. The Hall–Kier alpha value is -1.18. The first-order valence-corrected chi connectivity index (χ1v) is 7.59. The molecule has 102 valence electrons. The zero-order valence-electron chi connectivity index (χ0n) is 11.5. The van der Waals surface area contributed by atoms with Gasteiger partial charge in [-0.25, -0.2) is 0 Å². The second-order valence-corrected chi connectivity index (χ2v) is 7.35. The number of phenolic OH excluding ortho intramolecular Hbond substituents is 2. The molecule has 2 nitrogen and oxygen atoms in total. The molecule has 1 aromatic carbocycles. The van der Waals surface area contributed by atoms with Gasteiger partial charge in [-0.1, -0.05) is 0 Å². The van der Waals surface area contributed by atoms with Crippen LogP contribution in [0.15, 0.2) is 12.1 Å². The van der Waals surface area contributed by atoms with E-state index in [0.29, 0.717) is 5.75 Å². The van der Waals surface area contributed by atoms with Crippen molar-refractivity contribution in [1.82, 2.24) is 0 Å². The molecule has 4 fully saturated rings. The predicted octanol–water partition coefficient (Wildman–Crippen LogP) is 3.87. The summed E-state index contributed by atoms with van der Waals surface area (Å²) in [4.78, 5) is 0. The van der Waals surface area contributed by atoms with Crippen LogP contribution in [-0.4, -0.2) is 10.2 Å². The fourth-order valence-corrected chi connectivity index (χ4v) is 5.86. The summed E-state index contributed by atoms with van der Waals surface area (Å²) in [6.45, 7) is 2.04. The van der Waals surface area contributed by atoms with Crippen LogP contribution in [0.25, 0.3) is 0 Å². The van der Waals surface area contributed by atoms with E-state index < -0.39 is 0 Å². The number of phenols is 2. The number of hydrogen-bond donors (Lipinski definition) is 2. The van der Waals surface area contributed by atoms with Crippen LogP contribution in [0.2, 0.25) is 0 Å². The minimum absolute atomic E-state index is 0.184. The van der Waals surface area contributed by atoms with Gasteiger partial charge in [0, 0.05) is 17.0 Å². The summed E-state index contributed by atoms with van der Waals surface area (Å²) in [5, 5.41) is 20.0. The molecule has 0 heterocycles. The highest BCUT2D eigenvalue weighted by molar-refractivity contribution is 5.50. The number of aryl methyl sites for hydroxylation is 1. The smallest absolute Gasteiger partial charge is 0.123 e. The van der Waals surface area contributed by atoms with E-state index in [1.165, 1.54) is 44.6 Å². The van der Waals surface area contributed by atoms with Crippen LogP contribution in [0.5, 0.6) is 11.5 Å². The number of aromatic hydroxyl groups is 2. The third kappa shape index (κ3) is 1.62. The zero-order valence-corrected chi connectivity index (χ0v) is 11.5. The van der Waals surface area contributed by atoms with Gasteiger partial charge >= 0.3 is 0 Å². The van der Waals surface area contributed by atoms with Crippen LogP contribution in [0.3, 0.4) is 0 Å². The van der Waals surface area contributed by atoms with Gasteiger partial charge in [0.2, 0.25) is 0 Å². The van der Waals surface area contributed by atoms with Gasteiger partial charge in [-0.3, -0.25) is 0 Å². The first-order valence-electron chi connectivity index (χ1n) is 7.59. The van der Waals surface area contributed by atoms with Crippen molar-refractivity contribution in [2.45, 2.75) is 50.9 Å². The monoisotopic (exact) mass is 258 g/mol. The van der Waals surface area contributed by atoms with Crippen molar-refractivity contribution in [3.05, 3.63) is 23.3 Å². The van der Waals surface area contributed by atoms with Crippen molar-refractivity contribution in [3.8, 4) is 11.5 Å². The Balaban J connectivity index is 1.84. The summed E-state index contributed by atoms with van der Waals surface area (Å²) in [7, 11) is 0. The highest BCUT2D eigenvalue weighted by atomic mass is 16.3. The van der Waals surface area contributed by atoms with E-state index >= 15 is 0 Å². The second kappa shape index (κ2) is 3.68. The lowest BCUT2D eigenvalue weighted by atomic mass is 9.47. The summed E-state index contributed by atoms with van der Waals surface area (Å²) in [5.74, 6) is 3.12. The number of rotatable bonds is 1. The van der Waals surface area contributed by atoms with E-state index in [0.717, 1.165) is 28.9 Å². The van der Waals surface area contributed by atoms with Crippen molar-refractivity contribution >= 4 is 0 Å². The van der Waals surface area contributed by atoms with Crippen LogP contribution in [0.4, 0.5) is 0 Å². The average molecular weight is 258 g/mol.